The van der Waals surface area contributed by atoms with Gasteiger partial charge in [-0.3, -0.25) is 0 Å². The Morgan fingerprint density at radius 2 is 1.86 bits per heavy atom. The Balaban J connectivity index is 1.54. The zero-order valence-corrected chi connectivity index (χ0v) is 11.8. The molecule has 1 heterocycles. The standard InChI is InChI=1S/C16H16N4O/c1-12-5-4-6-13(11-12)21-10-9-17-16-18-14-7-2-3-8-15(14)19-20-16/h2-8,11H,9-10H2,1H3,(H,17,18,20). The van der Waals surface area contributed by atoms with Crippen molar-refractivity contribution in [1.29, 1.82) is 0 Å². The molecule has 0 atom stereocenters. The number of rotatable bonds is 5. The minimum Gasteiger partial charge on any atom is -0.492 e. The van der Waals surface area contributed by atoms with E-state index in [1.165, 1.54) is 5.56 Å². The van der Waals surface area contributed by atoms with Crippen molar-refractivity contribution in [2.24, 2.45) is 0 Å². The highest BCUT2D eigenvalue weighted by Gasteiger charge is 2.00. The average molecular weight is 280 g/mol. The molecular formula is C16H16N4O. The maximum Gasteiger partial charge on any atom is 0.243 e. The summed E-state index contributed by atoms with van der Waals surface area (Å²) in [5.74, 6) is 1.39. The van der Waals surface area contributed by atoms with Crippen LogP contribution < -0.4 is 10.1 Å². The van der Waals surface area contributed by atoms with Crippen molar-refractivity contribution in [3.05, 3.63) is 54.1 Å². The molecule has 0 radical (unpaired) electrons. The van der Waals surface area contributed by atoms with Crippen molar-refractivity contribution in [2.45, 2.75) is 6.92 Å². The molecule has 1 N–H and O–H groups in total. The van der Waals surface area contributed by atoms with Crippen LogP contribution in [0.1, 0.15) is 5.56 Å². The Hall–Kier alpha value is -2.69. The third-order valence-electron chi connectivity index (χ3n) is 3.00. The number of aromatic nitrogens is 3. The molecule has 1 aromatic heterocycles. The normalized spacial score (nSPS) is 10.5. The second-order valence-electron chi connectivity index (χ2n) is 4.72. The lowest BCUT2D eigenvalue weighted by atomic mass is 10.2. The first-order valence-electron chi connectivity index (χ1n) is 6.84. The van der Waals surface area contributed by atoms with Crippen LogP contribution >= 0.6 is 0 Å². The summed E-state index contributed by atoms with van der Waals surface area (Å²) in [7, 11) is 0. The Labute approximate surface area is 123 Å². The van der Waals surface area contributed by atoms with Gasteiger partial charge in [-0.1, -0.05) is 24.3 Å². The van der Waals surface area contributed by atoms with Crippen LogP contribution in [0.15, 0.2) is 48.5 Å². The third kappa shape index (κ3) is 3.45. The molecule has 0 aliphatic heterocycles. The largest absolute Gasteiger partial charge is 0.492 e. The first-order chi connectivity index (χ1) is 10.3. The molecule has 0 saturated carbocycles. The second-order valence-corrected chi connectivity index (χ2v) is 4.72. The van der Waals surface area contributed by atoms with Crippen LogP contribution in [-0.4, -0.2) is 28.3 Å². The molecule has 0 fully saturated rings. The van der Waals surface area contributed by atoms with E-state index in [0.717, 1.165) is 16.8 Å². The zero-order valence-electron chi connectivity index (χ0n) is 11.8. The molecule has 5 heteroatoms. The molecule has 0 saturated heterocycles. The number of nitrogens with one attached hydrogen (secondary N) is 1. The smallest absolute Gasteiger partial charge is 0.243 e. The van der Waals surface area contributed by atoms with E-state index in [1.807, 2.05) is 55.5 Å². The van der Waals surface area contributed by atoms with Crippen LogP contribution in [0.3, 0.4) is 0 Å². The number of anilines is 1. The Kier molecular flexibility index (Phi) is 3.91. The fourth-order valence-corrected chi connectivity index (χ4v) is 1.99. The van der Waals surface area contributed by atoms with E-state index in [0.29, 0.717) is 19.1 Å². The second kappa shape index (κ2) is 6.17. The van der Waals surface area contributed by atoms with Crippen molar-refractivity contribution in [3.63, 3.8) is 0 Å². The van der Waals surface area contributed by atoms with Gasteiger partial charge in [0, 0.05) is 0 Å². The molecule has 0 aliphatic rings. The number of fused-ring (bicyclic) bond motifs is 1. The Morgan fingerprint density at radius 3 is 2.71 bits per heavy atom. The summed E-state index contributed by atoms with van der Waals surface area (Å²) in [5, 5.41) is 11.3. The van der Waals surface area contributed by atoms with Gasteiger partial charge in [0.2, 0.25) is 5.95 Å². The number of hydrogen-bond acceptors (Lipinski definition) is 5. The first kappa shape index (κ1) is 13.3. The molecule has 0 unspecified atom stereocenters. The minimum absolute atomic E-state index is 0.515. The molecule has 0 aliphatic carbocycles. The van der Waals surface area contributed by atoms with Crippen LogP contribution in [0.2, 0.25) is 0 Å². The lowest BCUT2D eigenvalue weighted by molar-refractivity contribution is 0.332. The number of benzene rings is 2. The predicted molar refractivity (Wildman–Crippen MR) is 82.5 cm³/mol. The van der Waals surface area contributed by atoms with Crippen molar-refractivity contribution >= 4 is 17.0 Å². The van der Waals surface area contributed by atoms with Gasteiger partial charge in [0.05, 0.1) is 12.1 Å². The van der Waals surface area contributed by atoms with E-state index >= 15 is 0 Å². The van der Waals surface area contributed by atoms with Crippen molar-refractivity contribution in [3.8, 4) is 5.75 Å². The van der Waals surface area contributed by atoms with Gasteiger partial charge in [0.1, 0.15) is 17.9 Å². The molecule has 3 rings (SSSR count). The maximum atomic E-state index is 5.66. The SMILES string of the molecule is Cc1cccc(OCCNc2nnc3ccccc3n2)c1. The first-order valence-corrected chi connectivity index (χ1v) is 6.84. The van der Waals surface area contributed by atoms with Gasteiger partial charge in [-0.25, -0.2) is 4.98 Å². The summed E-state index contributed by atoms with van der Waals surface area (Å²) in [6.07, 6.45) is 0. The van der Waals surface area contributed by atoms with E-state index in [4.69, 9.17) is 4.74 Å². The molecule has 21 heavy (non-hydrogen) atoms. The molecule has 0 spiro atoms. The molecule has 106 valence electrons. The Morgan fingerprint density at radius 1 is 1.00 bits per heavy atom. The highest BCUT2D eigenvalue weighted by Crippen LogP contribution is 2.12. The quantitative estimate of drug-likeness (QED) is 0.728. The molecule has 0 bridgehead atoms. The number of nitrogens with zero attached hydrogens (tertiary/aromatic N) is 3. The lowest BCUT2D eigenvalue weighted by Gasteiger charge is -2.08. The number of hydrogen-bond donors (Lipinski definition) is 1. The average Bonchev–Trinajstić information content (AvgIpc) is 2.51. The van der Waals surface area contributed by atoms with Crippen LogP contribution in [0.4, 0.5) is 5.95 Å². The molecule has 3 aromatic rings. The number of aryl methyl sites for hydroxylation is 1. The number of para-hydroxylation sites is 1. The van der Waals surface area contributed by atoms with E-state index in [9.17, 15) is 0 Å². The monoisotopic (exact) mass is 280 g/mol. The van der Waals surface area contributed by atoms with E-state index in [1.54, 1.807) is 0 Å². The van der Waals surface area contributed by atoms with Gasteiger partial charge in [0.25, 0.3) is 0 Å². The van der Waals surface area contributed by atoms with Gasteiger partial charge in [-0.15, -0.1) is 10.2 Å². The molecule has 0 amide bonds. The van der Waals surface area contributed by atoms with Gasteiger partial charge < -0.3 is 10.1 Å². The highest BCUT2D eigenvalue weighted by atomic mass is 16.5. The lowest BCUT2D eigenvalue weighted by Crippen LogP contribution is -2.13. The van der Waals surface area contributed by atoms with Crippen molar-refractivity contribution < 1.29 is 4.74 Å². The summed E-state index contributed by atoms with van der Waals surface area (Å²) in [4.78, 5) is 4.39. The van der Waals surface area contributed by atoms with E-state index in [2.05, 4.69) is 20.5 Å². The number of ether oxygens (including phenoxy) is 1. The van der Waals surface area contributed by atoms with Gasteiger partial charge in [-0.2, -0.15) is 0 Å². The van der Waals surface area contributed by atoms with Gasteiger partial charge >= 0.3 is 0 Å². The summed E-state index contributed by atoms with van der Waals surface area (Å²) in [5.41, 5.74) is 2.80. The van der Waals surface area contributed by atoms with E-state index in [-0.39, 0.29) is 0 Å². The van der Waals surface area contributed by atoms with Crippen LogP contribution in [0.25, 0.3) is 11.0 Å². The fourth-order valence-electron chi connectivity index (χ4n) is 1.99. The van der Waals surface area contributed by atoms with Crippen LogP contribution in [0.5, 0.6) is 5.75 Å². The Bertz CT molecular complexity index is 745. The summed E-state index contributed by atoms with van der Waals surface area (Å²) in [6.45, 7) is 3.20. The topological polar surface area (TPSA) is 59.9 Å². The zero-order chi connectivity index (χ0) is 14.5. The van der Waals surface area contributed by atoms with Crippen molar-refractivity contribution in [1.82, 2.24) is 15.2 Å². The summed E-state index contributed by atoms with van der Waals surface area (Å²) >= 11 is 0. The molecular weight excluding hydrogens is 264 g/mol. The van der Waals surface area contributed by atoms with Gasteiger partial charge in [0.15, 0.2) is 0 Å². The summed E-state index contributed by atoms with van der Waals surface area (Å²) in [6, 6.07) is 15.6. The van der Waals surface area contributed by atoms with E-state index < -0.39 is 0 Å². The van der Waals surface area contributed by atoms with Crippen molar-refractivity contribution in [2.75, 3.05) is 18.5 Å². The van der Waals surface area contributed by atoms with Gasteiger partial charge in [-0.05, 0) is 36.8 Å². The van der Waals surface area contributed by atoms with Crippen LogP contribution in [-0.2, 0) is 0 Å². The van der Waals surface area contributed by atoms with Crippen LogP contribution in [0, 0.1) is 6.92 Å². The fraction of sp³-hybridized carbons (Fsp3) is 0.188. The maximum absolute atomic E-state index is 5.66. The molecule has 5 nitrogen and oxygen atoms in total. The highest BCUT2D eigenvalue weighted by molar-refractivity contribution is 5.73. The minimum atomic E-state index is 0.515. The summed E-state index contributed by atoms with van der Waals surface area (Å²) < 4.78 is 5.66. The predicted octanol–water partition coefficient (Wildman–Crippen LogP) is 2.82. The molecule has 2 aromatic carbocycles. The third-order valence-corrected chi connectivity index (χ3v) is 3.00.